The summed E-state index contributed by atoms with van der Waals surface area (Å²) < 4.78 is 25.9. The lowest BCUT2D eigenvalue weighted by atomic mass is 9.48. The van der Waals surface area contributed by atoms with Crippen LogP contribution in [-0.4, -0.2) is 29.7 Å². The average Bonchev–Trinajstić information content (AvgIpc) is 2.88. The lowest BCUT2D eigenvalue weighted by molar-refractivity contribution is -0.0101. The third-order valence-electron chi connectivity index (χ3n) is 7.31. The summed E-state index contributed by atoms with van der Waals surface area (Å²) in [6, 6.07) is 2.61. The third kappa shape index (κ3) is 2.38. The molecule has 4 aliphatic carbocycles. The fourth-order valence-corrected chi connectivity index (χ4v) is 8.20. The van der Waals surface area contributed by atoms with Gasteiger partial charge in [-0.3, -0.25) is 4.68 Å². The number of hydrogen-bond donors (Lipinski definition) is 0. The second-order valence-corrected chi connectivity index (χ2v) is 11.5. The van der Waals surface area contributed by atoms with Crippen molar-refractivity contribution in [3.8, 4) is 0 Å². The van der Waals surface area contributed by atoms with Crippen LogP contribution in [0.25, 0.3) is 0 Å². The summed E-state index contributed by atoms with van der Waals surface area (Å²) in [6.45, 7) is 2.10. The highest BCUT2D eigenvalue weighted by Crippen LogP contribution is 2.61. The van der Waals surface area contributed by atoms with Crippen LogP contribution in [0.3, 0.4) is 0 Å². The van der Waals surface area contributed by atoms with Crippen molar-refractivity contribution in [1.82, 2.24) is 9.78 Å². The smallest absolute Gasteiger partial charge is 0.150 e. The van der Waals surface area contributed by atoms with E-state index in [2.05, 4.69) is 17.7 Å². The fraction of sp³-hybridized carbons (Fsp3) is 0.842. The van der Waals surface area contributed by atoms with Gasteiger partial charge in [0.15, 0.2) is 0 Å². The molecule has 0 spiro atoms. The van der Waals surface area contributed by atoms with Crippen molar-refractivity contribution in [2.24, 2.45) is 17.8 Å². The van der Waals surface area contributed by atoms with Gasteiger partial charge in [0.1, 0.15) is 9.84 Å². The molecule has 0 unspecified atom stereocenters. The molecule has 2 heterocycles. The van der Waals surface area contributed by atoms with E-state index < -0.39 is 9.84 Å². The minimum atomic E-state index is -2.82. The van der Waals surface area contributed by atoms with Crippen molar-refractivity contribution in [2.75, 3.05) is 11.5 Å². The Balaban J connectivity index is 1.51. The van der Waals surface area contributed by atoms with Crippen molar-refractivity contribution in [2.45, 2.75) is 69.7 Å². The zero-order valence-corrected chi connectivity index (χ0v) is 15.4. The third-order valence-corrected chi connectivity index (χ3v) is 9.02. The van der Waals surface area contributed by atoms with Crippen LogP contribution in [0, 0.1) is 24.7 Å². The Hall–Kier alpha value is -0.840. The molecule has 4 saturated carbocycles. The maximum atomic E-state index is 11.8. The highest BCUT2D eigenvalue weighted by Gasteiger charge is 2.53. The van der Waals surface area contributed by atoms with E-state index in [1.807, 2.05) is 0 Å². The van der Waals surface area contributed by atoms with E-state index in [4.69, 9.17) is 5.10 Å². The van der Waals surface area contributed by atoms with Crippen molar-refractivity contribution >= 4 is 9.84 Å². The summed E-state index contributed by atoms with van der Waals surface area (Å²) >= 11 is 0. The van der Waals surface area contributed by atoms with Gasteiger partial charge in [0.25, 0.3) is 0 Å². The molecule has 0 atom stereocenters. The minimum absolute atomic E-state index is 0.283. The molecule has 1 saturated heterocycles. The topological polar surface area (TPSA) is 52.0 Å². The van der Waals surface area contributed by atoms with E-state index in [1.165, 1.54) is 44.2 Å². The second kappa shape index (κ2) is 5.09. The molecule has 1 aliphatic heterocycles. The molecule has 6 rings (SSSR count). The quantitative estimate of drug-likeness (QED) is 0.823. The number of aryl methyl sites for hydroxylation is 1. The van der Waals surface area contributed by atoms with E-state index in [-0.39, 0.29) is 6.04 Å². The molecule has 5 heteroatoms. The largest absolute Gasteiger partial charge is 0.266 e. The summed E-state index contributed by atoms with van der Waals surface area (Å²) in [5.74, 6) is 3.43. The molecule has 4 nitrogen and oxygen atoms in total. The van der Waals surface area contributed by atoms with Gasteiger partial charge in [-0.05, 0) is 82.1 Å². The first-order chi connectivity index (χ1) is 11.4. The van der Waals surface area contributed by atoms with Crippen LogP contribution in [-0.2, 0) is 15.3 Å². The standard InChI is InChI=1S/C19H28N2O2S/c1-13-6-18(21(20-13)17-2-4-24(22,23)5-3-17)19-10-14-7-15(11-19)9-16(8-14)12-19/h6,14-17H,2-5,7-12H2,1H3. The molecular weight excluding hydrogens is 320 g/mol. The zero-order valence-electron chi connectivity index (χ0n) is 14.6. The number of aromatic nitrogens is 2. The van der Waals surface area contributed by atoms with Crippen LogP contribution in [0.2, 0.25) is 0 Å². The van der Waals surface area contributed by atoms with Gasteiger partial charge < -0.3 is 0 Å². The molecule has 0 radical (unpaired) electrons. The van der Waals surface area contributed by atoms with E-state index in [0.29, 0.717) is 16.9 Å². The van der Waals surface area contributed by atoms with Crippen LogP contribution in [0.5, 0.6) is 0 Å². The molecule has 0 amide bonds. The van der Waals surface area contributed by atoms with Gasteiger partial charge in [-0.15, -0.1) is 0 Å². The highest BCUT2D eigenvalue weighted by atomic mass is 32.2. The first kappa shape index (κ1) is 15.4. The Kier molecular flexibility index (Phi) is 3.27. The lowest BCUT2D eigenvalue weighted by Gasteiger charge is -2.57. The SMILES string of the molecule is Cc1cc(C23CC4CC(CC(C4)C2)C3)n(C2CCS(=O)(=O)CC2)n1. The second-order valence-electron chi connectivity index (χ2n) is 9.20. The van der Waals surface area contributed by atoms with Crippen LogP contribution in [0.4, 0.5) is 0 Å². The molecule has 132 valence electrons. The normalized spacial score (nSPS) is 41.0. The summed E-state index contributed by atoms with van der Waals surface area (Å²) in [5, 5.41) is 4.86. The van der Waals surface area contributed by atoms with Crippen molar-refractivity contribution in [1.29, 1.82) is 0 Å². The Morgan fingerprint density at radius 2 is 1.58 bits per heavy atom. The zero-order chi connectivity index (χ0) is 16.5. The number of sulfone groups is 1. The number of nitrogens with zero attached hydrogens (tertiary/aromatic N) is 2. The van der Waals surface area contributed by atoms with E-state index in [0.717, 1.165) is 36.3 Å². The van der Waals surface area contributed by atoms with Crippen LogP contribution in [0.1, 0.15) is 68.8 Å². The van der Waals surface area contributed by atoms with E-state index in [1.54, 1.807) is 0 Å². The Labute approximate surface area is 144 Å². The molecule has 1 aromatic rings. The lowest BCUT2D eigenvalue weighted by Crippen LogP contribution is -2.49. The maximum Gasteiger partial charge on any atom is 0.150 e. The molecule has 0 aromatic carbocycles. The van der Waals surface area contributed by atoms with Crippen molar-refractivity contribution < 1.29 is 8.42 Å². The molecule has 4 bridgehead atoms. The summed E-state index contributed by atoms with van der Waals surface area (Å²) in [7, 11) is -2.82. The van der Waals surface area contributed by atoms with Crippen LogP contribution < -0.4 is 0 Å². The van der Waals surface area contributed by atoms with Gasteiger partial charge in [0.2, 0.25) is 0 Å². The summed E-state index contributed by atoms with van der Waals surface area (Å²) in [6.07, 6.45) is 9.86. The Morgan fingerprint density at radius 1 is 1.04 bits per heavy atom. The first-order valence-electron chi connectivity index (χ1n) is 9.69. The van der Waals surface area contributed by atoms with Gasteiger partial charge in [0, 0.05) is 11.1 Å². The summed E-state index contributed by atoms with van der Waals surface area (Å²) in [5.41, 5.74) is 2.89. The molecule has 24 heavy (non-hydrogen) atoms. The maximum absolute atomic E-state index is 11.8. The first-order valence-corrected chi connectivity index (χ1v) is 11.5. The predicted molar refractivity (Wildman–Crippen MR) is 93.7 cm³/mol. The molecule has 5 fully saturated rings. The molecule has 1 aromatic heterocycles. The Morgan fingerprint density at radius 3 is 2.12 bits per heavy atom. The van der Waals surface area contributed by atoms with E-state index >= 15 is 0 Å². The number of hydrogen-bond acceptors (Lipinski definition) is 3. The van der Waals surface area contributed by atoms with Gasteiger partial charge in [0.05, 0.1) is 23.2 Å². The summed E-state index contributed by atoms with van der Waals surface area (Å²) in [4.78, 5) is 0. The Bertz CT molecular complexity index is 715. The molecule has 0 N–H and O–H groups in total. The highest BCUT2D eigenvalue weighted by molar-refractivity contribution is 7.91. The van der Waals surface area contributed by atoms with Gasteiger partial charge in [-0.1, -0.05) is 0 Å². The molecule has 5 aliphatic rings. The molecular formula is C19H28N2O2S. The van der Waals surface area contributed by atoms with Crippen LogP contribution in [0.15, 0.2) is 6.07 Å². The minimum Gasteiger partial charge on any atom is -0.266 e. The van der Waals surface area contributed by atoms with Crippen molar-refractivity contribution in [3.05, 3.63) is 17.5 Å². The van der Waals surface area contributed by atoms with Crippen LogP contribution >= 0.6 is 0 Å². The monoisotopic (exact) mass is 348 g/mol. The van der Waals surface area contributed by atoms with E-state index in [9.17, 15) is 8.42 Å². The van der Waals surface area contributed by atoms with Gasteiger partial charge in [-0.25, -0.2) is 8.42 Å². The predicted octanol–water partition coefficient (Wildman–Crippen LogP) is 3.41. The van der Waals surface area contributed by atoms with Crippen molar-refractivity contribution in [3.63, 3.8) is 0 Å². The fourth-order valence-electron chi connectivity index (χ4n) is 6.74. The van der Waals surface area contributed by atoms with Gasteiger partial charge in [-0.2, -0.15) is 5.10 Å². The van der Waals surface area contributed by atoms with Gasteiger partial charge >= 0.3 is 0 Å². The number of rotatable bonds is 2. The average molecular weight is 349 g/mol.